The van der Waals surface area contributed by atoms with Gasteiger partial charge in [-0.3, -0.25) is 14.2 Å². The molecule has 2 aromatic carbocycles. The van der Waals surface area contributed by atoms with Crippen LogP contribution in [0.4, 0.5) is 5.69 Å². The maximum Gasteiger partial charge on any atom is 0.258 e. The highest BCUT2D eigenvalue weighted by molar-refractivity contribution is 7.99. The van der Waals surface area contributed by atoms with Gasteiger partial charge in [0.1, 0.15) is 0 Å². The summed E-state index contributed by atoms with van der Waals surface area (Å²) in [5.74, 6) is -0.156. The van der Waals surface area contributed by atoms with Crippen LogP contribution in [0.25, 0.3) is 5.69 Å². The van der Waals surface area contributed by atoms with Gasteiger partial charge in [-0.05, 0) is 37.3 Å². The highest BCUT2D eigenvalue weighted by Crippen LogP contribution is 2.25. The molecule has 0 saturated heterocycles. The minimum absolute atomic E-state index is 0.0863. The second-order valence-electron chi connectivity index (χ2n) is 5.66. The number of aryl methyl sites for hydroxylation is 1. The summed E-state index contributed by atoms with van der Waals surface area (Å²) in [5, 5.41) is 3.98. The van der Waals surface area contributed by atoms with Gasteiger partial charge in [0.05, 0.1) is 21.5 Å². The van der Waals surface area contributed by atoms with Crippen LogP contribution in [0.5, 0.6) is 0 Å². The van der Waals surface area contributed by atoms with Crippen molar-refractivity contribution in [2.45, 2.75) is 12.1 Å². The van der Waals surface area contributed by atoms with Gasteiger partial charge in [-0.1, -0.05) is 53.2 Å². The van der Waals surface area contributed by atoms with Gasteiger partial charge in [-0.15, -0.1) is 0 Å². The molecule has 0 atom stereocenters. The smallest absolute Gasteiger partial charge is 0.258 e. The van der Waals surface area contributed by atoms with Gasteiger partial charge in [-0.25, -0.2) is 4.98 Å². The Labute approximate surface area is 170 Å². The first kappa shape index (κ1) is 19.5. The van der Waals surface area contributed by atoms with Crippen molar-refractivity contribution in [1.29, 1.82) is 0 Å². The average molecular weight is 420 g/mol. The molecule has 0 saturated carbocycles. The highest BCUT2D eigenvalue weighted by Gasteiger charge is 2.12. The fourth-order valence-corrected chi connectivity index (χ4v) is 3.55. The van der Waals surface area contributed by atoms with Gasteiger partial charge in [0.15, 0.2) is 5.16 Å². The van der Waals surface area contributed by atoms with Gasteiger partial charge in [0, 0.05) is 17.4 Å². The zero-order valence-corrected chi connectivity index (χ0v) is 16.6. The Kier molecular flexibility index (Phi) is 6.21. The monoisotopic (exact) mass is 419 g/mol. The van der Waals surface area contributed by atoms with E-state index in [2.05, 4.69) is 10.3 Å². The van der Waals surface area contributed by atoms with Crippen molar-refractivity contribution in [3.05, 3.63) is 80.7 Å². The zero-order valence-electron chi connectivity index (χ0n) is 14.3. The molecule has 0 radical (unpaired) electrons. The number of benzene rings is 2. The molecule has 3 rings (SSSR count). The third-order valence-corrected chi connectivity index (χ3v) is 5.24. The molecular formula is C19H15Cl2N3O2S. The quantitative estimate of drug-likeness (QED) is 0.485. The van der Waals surface area contributed by atoms with Crippen LogP contribution in [-0.2, 0) is 4.79 Å². The molecule has 0 aliphatic rings. The summed E-state index contributed by atoms with van der Waals surface area (Å²) in [7, 11) is 0. The van der Waals surface area contributed by atoms with E-state index < -0.39 is 0 Å². The van der Waals surface area contributed by atoms with Crippen LogP contribution in [-0.4, -0.2) is 21.2 Å². The second-order valence-corrected chi connectivity index (χ2v) is 7.41. The summed E-state index contributed by atoms with van der Waals surface area (Å²) in [4.78, 5) is 29.1. The van der Waals surface area contributed by atoms with E-state index in [4.69, 9.17) is 23.2 Å². The number of nitrogens with one attached hydrogen (secondary N) is 1. The SMILES string of the molecule is Cc1cc(=O)n(-c2ccccc2)c(SCC(=O)Nc2ccc(Cl)c(Cl)c2)n1. The second kappa shape index (κ2) is 8.61. The summed E-state index contributed by atoms with van der Waals surface area (Å²) in [6.45, 7) is 1.75. The van der Waals surface area contributed by atoms with Crippen molar-refractivity contribution in [1.82, 2.24) is 9.55 Å². The number of para-hydroxylation sites is 1. The summed E-state index contributed by atoms with van der Waals surface area (Å²) in [6.07, 6.45) is 0. The predicted octanol–water partition coefficient (Wildman–Crippen LogP) is 4.58. The zero-order chi connectivity index (χ0) is 19.4. The van der Waals surface area contributed by atoms with Gasteiger partial charge < -0.3 is 5.32 Å². The lowest BCUT2D eigenvalue weighted by molar-refractivity contribution is -0.113. The number of hydrogen-bond acceptors (Lipinski definition) is 4. The van der Waals surface area contributed by atoms with Crippen molar-refractivity contribution in [3.8, 4) is 5.69 Å². The molecule has 138 valence electrons. The van der Waals surface area contributed by atoms with Crippen LogP contribution in [0, 0.1) is 6.92 Å². The van der Waals surface area contributed by atoms with Crippen LogP contribution in [0.2, 0.25) is 10.0 Å². The van der Waals surface area contributed by atoms with E-state index in [0.29, 0.717) is 32.3 Å². The Bertz CT molecular complexity index is 1040. The number of nitrogens with zero attached hydrogens (tertiary/aromatic N) is 2. The lowest BCUT2D eigenvalue weighted by Crippen LogP contribution is -2.22. The lowest BCUT2D eigenvalue weighted by Gasteiger charge is -2.12. The Morgan fingerprint density at radius 2 is 1.85 bits per heavy atom. The lowest BCUT2D eigenvalue weighted by atomic mass is 10.3. The maximum atomic E-state index is 12.4. The molecular weight excluding hydrogens is 405 g/mol. The molecule has 0 spiro atoms. The topological polar surface area (TPSA) is 64.0 Å². The fraction of sp³-hybridized carbons (Fsp3) is 0.105. The van der Waals surface area contributed by atoms with Crippen molar-refractivity contribution in [3.63, 3.8) is 0 Å². The van der Waals surface area contributed by atoms with Crippen LogP contribution in [0.15, 0.2) is 64.5 Å². The van der Waals surface area contributed by atoms with Crippen LogP contribution in [0.1, 0.15) is 5.69 Å². The van der Waals surface area contributed by atoms with Gasteiger partial charge in [-0.2, -0.15) is 0 Å². The minimum atomic E-state index is -0.242. The van der Waals surface area contributed by atoms with Gasteiger partial charge >= 0.3 is 0 Å². The van der Waals surface area contributed by atoms with E-state index in [9.17, 15) is 9.59 Å². The summed E-state index contributed by atoms with van der Waals surface area (Å²) >= 11 is 13.0. The summed E-state index contributed by atoms with van der Waals surface area (Å²) < 4.78 is 1.49. The maximum absolute atomic E-state index is 12.4. The summed E-state index contributed by atoms with van der Waals surface area (Å²) in [5.41, 5.74) is 1.65. The van der Waals surface area contributed by atoms with Gasteiger partial charge in [0.25, 0.3) is 5.56 Å². The minimum Gasteiger partial charge on any atom is -0.325 e. The number of anilines is 1. The molecule has 3 aromatic rings. The average Bonchev–Trinajstić information content (AvgIpc) is 2.63. The first-order chi connectivity index (χ1) is 12.9. The first-order valence-corrected chi connectivity index (χ1v) is 9.72. The number of aromatic nitrogens is 2. The predicted molar refractivity (Wildman–Crippen MR) is 110 cm³/mol. The standard InChI is InChI=1S/C19H15Cl2N3O2S/c1-12-9-18(26)24(14-5-3-2-4-6-14)19(22-12)27-11-17(25)23-13-7-8-15(20)16(21)10-13/h2-10H,11H2,1H3,(H,23,25). The molecule has 0 aliphatic heterocycles. The molecule has 1 amide bonds. The molecule has 0 unspecified atom stereocenters. The van der Waals surface area contributed by atoms with Crippen LogP contribution in [0.3, 0.4) is 0 Å². The normalized spacial score (nSPS) is 10.6. The number of carbonyl (C=O) groups excluding carboxylic acids is 1. The number of carbonyl (C=O) groups is 1. The number of halogens is 2. The Balaban J connectivity index is 1.78. The molecule has 1 heterocycles. The molecule has 1 aromatic heterocycles. The van der Waals surface area contributed by atoms with E-state index in [1.54, 1.807) is 25.1 Å². The van der Waals surface area contributed by atoms with Crippen molar-refractivity contribution in [2.24, 2.45) is 0 Å². The molecule has 0 bridgehead atoms. The molecule has 8 heteroatoms. The van der Waals surface area contributed by atoms with E-state index in [1.807, 2.05) is 30.3 Å². The van der Waals surface area contributed by atoms with E-state index in [1.165, 1.54) is 22.4 Å². The molecule has 0 fully saturated rings. The third kappa shape index (κ3) is 4.91. The van der Waals surface area contributed by atoms with E-state index in [-0.39, 0.29) is 17.2 Å². The largest absolute Gasteiger partial charge is 0.325 e. The van der Waals surface area contributed by atoms with Crippen LogP contribution < -0.4 is 10.9 Å². The Hall–Kier alpha value is -2.28. The third-order valence-electron chi connectivity index (χ3n) is 3.57. The molecule has 0 aliphatic carbocycles. The fourth-order valence-electron chi connectivity index (χ4n) is 2.38. The van der Waals surface area contributed by atoms with Crippen molar-refractivity contribution in [2.75, 3.05) is 11.1 Å². The number of amides is 1. The van der Waals surface area contributed by atoms with Crippen molar-refractivity contribution >= 4 is 46.6 Å². The molecule has 5 nitrogen and oxygen atoms in total. The van der Waals surface area contributed by atoms with Gasteiger partial charge in [0.2, 0.25) is 5.91 Å². The van der Waals surface area contributed by atoms with E-state index in [0.717, 1.165) is 0 Å². The molecule has 27 heavy (non-hydrogen) atoms. The molecule has 1 N–H and O–H groups in total. The number of rotatable bonds is 5. The van der Waals surface area contributed by atoms with Crippen molar-refractivity contribution < 1.29 is 4.79 Å². The number of thioether (sulfide) groups is 1. The van der Waals surface area contributed by atoms with E-state index >= 15 is 0 Å². The van der Waals surface area contributed by atoms with Crippen LogP contribution >= 0.6 is 35.0 Å². The first-order valence-electron chi connectivity index (χ1n) is 7.98. The summed E-state index contributed by atoms with van der Waals surface area (Å²) in [6, 6.07) is 15.5. The number of hydrogen-bond donors (Lipinski definition) is 1. The Morgan fingerprint density at radius 1 is 1.11 bits per heavy atom. The highest BCUT2D eigenvalue weighted by atomic mass is 35.5. The Morgan fingerprint density at radius 3 is 2.56 bits per heavy atom.